The number of hydrogen-bond acceptors (Lipinski definition) is 1. The second-order valence-electron chi connectivity index (χ2n) is 3.97. The van der Waals surface area contributed by atoms with Gasteiger partial charge in [-0.2, -0.15) is 0 Å². The number of aryl methyl sites for hydroxylation is 1. The molecule has 0 spiro atoms. The summed E-state index contributed by atoms with van der Waals surface area (Å²) in [7, 11) is 0. The Morgan fingerprint density at radius 3 is 2.14 bits per heavy atom. The molecule has 1 heteroatoms. The summed E-state index contributed by atoms with van der Waals surface area (Å²) in [5, 5.41) is 0. The second-order valence-corrected chi connectivity index (χ2v) is 3.97. The van der Waals surface area contributed by atoms with E-state index < -0.39 is 0 Å². The molecule has 0 radical (unpaired) electrons. The number of benzene rings is 1. The molecule has 1 aliphatic rings. The molecular weight excluding hydrogens is 170 g/mol. The van der Waals surface area contributed by atoms with Crippen LogP contribution < -0.4 is 0 Å². The third-order valence-corrected chi connectivity index (χ3v) is 2.74. The zero-order valence-electron chi connectivity index (χ0n) is 8.96. The fraction of sp³-hybridized carbons (Fsp3) is 0.308. The van der Waals surface area contributed by atoms with Crippen LogP contribution in [0.3, 0.4) is 0 Å². The maximum atomic E-state index is 4.57. The fourth-order valence-electron chi connectivity index (χ4n) is 1.63. The summed E-state index contributed by atoms with van der Waals surface area (Å²) in [5.41, 5.74) is 6.33. The van der Waals surface area contributed by atoms with Crippen molar-refractivity contribution in [3.8, 4) is 0 Å². The van der Waals surface area contributed by atoms with E-state index in [4.69, 9.17) is 0 Å². The van der Waals surface area contributed by atoms with Crippen molar-refractivity contribution in [1.29, 1.82) is 0 Å². The fourth-order valence-corrected chi connectivity index (χ4v) is 1.63. The minimum Gasteiger partial charge on any atom is -0.257 e. The molecule has 14 heavy (non-hydrogen) atoms. The van der Waals surface area contributed by atoms with Crippen molar-refractivity contribution in [2.24, 2.45) is 4.99 Å². The van der Waals surface area contributed by atoms with Crippen molar-refractivity contribution in [3.63, 3.8) is 0 Å². The van der Waals surface area contributed by atoms with E-state index in [1.807, 2.05) is 0 Å². The summed E-state index contributed by atoms with van der Waals surface area (Å²) in [4.78, 5) is 4.57. The molecule has 0 saturated heterocycles. The largest absolute Gasteiger partial charge is 0.257 e. The molecule has 0 N–H and O–H groups in total. The van der Waals surface area contributed by atoms with Crippen molar-refractivity contribution in [2.75, 3.05) is 0 Å². The van der Waals surface area contributed by atoms with E-state index in [9.17, 15) is 0 Å². The SMILES string of the molecule is CC1=C(C)N=C(c2ccc(C)cc2)C1. The first-order valence-electron chi connectivity index (χ1n) is 4.98. The van der Waals surface area contributed by atoms with Crippen LogP contribution in [0.4, 0.5) is 0 Å². The number of aliphatic imine (C=N–C) groups is 1. The molecule has 1 aromatic rings. The molecule has 0 bridgehead atoms. The Morgan fingerprint density at radius 2 is 1.64 bits per heavy atom. The van der Waals surface area contributed by atoms with Gasteiger partial charge in [0.2, 0.25) is 0 Å². The van der Waals surface area contributed by atoms with Gasteiger partial charge < -0.3 is 0 Å². The molecule has 1 aliphatic heterocycles. The predicted molar refractivity (Wildman–Crippen MR) is 60.7 cm³/mol. The van der Waals surface area contributed by atoms with Gasteiger partial charge in [0.15, 0.2) is 0 Å². The van der Waals surface area contributed by atoms with Gasteiger partial charge >= 0.3 is 0 Å². The molecule has 0 unspecified atom stereocenters. The van der Waals surface area contributed by atoms with Gasteiger partial charge in [-0.05, 0) is 31.9 Å². The molecule has 0 atom stereocenters. The summed E-state index contributed by atoms with van der Waals surface area (Å²) in [6.45, 7) is 6.34. The first-order chi connectivity index (χ1) is 6.66. The monoisotopic (exact) mass is 185 g/mol. The summed E-state index contributed by atoms with van der Waals surface area (Å²) >= 11 is 0. The number of nitrogens with zero attached hydrogens (tertiary/aromatic N) is 1. The summed E-state index contributed by atoms with van der Waals surface area (Å²) in [6, 6.07) is 8.59. The van der Waals surface area contributed by atoms with Crippen LogP contribution in [0.2, 0.25) is 0 Å². The topological polar surface area (TPSA) is 12.4 Å². The highest BCUT2D eigenvalue weighted by Crippen LogP contribution is 2.22. The van der Waals surface area contributed by atoms with Crippen LogP contribution >= 0.6 is 0 Å². The molecular formula is C13H15N. The van der Waals surface area contributed by atoms with Crippen molar-refractivity contribution in [3.05, 3.63) is 46.7 Å². The third-order valence-electron chi connectivity index (χ3n) is 2.74. The first-order valence-corrected chi connectivity index (χ1v) is 4.98. The normalized spacial score (nSPS) is 16.1. The van der Waals surface area contributed by atoms with Gasteiger partial charge in [-0.15, -0.1) is 0 Å². The van der Waals surface area contributed by atoms with Gasteiger partial charge in [0.05, 0.1) is 5.71 Å². The quantitative estimate of drug-likeness (QED) is 0.635. The molecule has 0 aromatic heterocycles. The lowest BCUT2D eigenvalue weighted by molar-refractivity contribution is 1.22. The van der Waals surface area contributed by atoms with Crippen LogP contribution in [-0.2, 0) is 0 Å². The van der Waals surface area contributed by atoms with E-state index in [2.05, 4.69) is 50.0 Å². The highest BCUT2D eigenvalue weighted by atomic mass is 14.8. The molecule has 0 amide bonds. The van der Waals surface area contributed by atoms with Gasteiger partial charge in [0.25, 0.3) is 0 Å². The van der Waals surface area contributed by atoms with Gasteiger partial charge in [-0.3, -0.25) is 4.99 Å². The molecule has 1 nitrogen and oxygen atoms in total. The molecule has 72 valence electrons. The summed E-state index contributed by atoms with van der Waals surface area (Å²) in [5.74, 6) is 0. The lowest BCUT2D eigenvalue weighted by Crippen LogP contribution is -1.96. The van der Waals surface area contributed by atoms with Crippen molar-refractivity contribution in [1.82, 2.24) is 0 Å². The molecule has 0 aliphatic carbocycles. The van der Waals surface area contributed by atoms with Crippen LogP contribution in [-0.4, -0.2) is 5.71 Å². The predicted octanol–water partition coefficient (Wildman–Crippen LogP) is 3.48. The molecule has 0 fully saturated rings. The third kappa shape index (κ3) is 1.63. The highest BCUT2D eigenvalue weighted by Gasteiger charge is 2.12. The summed E-state index contributed by atoms with van der Waals surface area (Å²) in [6.07, 6.45) is 1.01. The van der Waals surface area contributed by atoms with Gasteiger partial charge in [0, 0.05) is 12.1 Å². The van der Waals surface area contributed by atoms with Crippen molar-refractivity contribution in [2.45, 2.75) is 27.2 Å². The molecule has 1 heterocycles. The van der Waals surface area contributed by atoms with Gasteiger partial charge in [-0.25, -0.2) is 0 Å². The standard InChI is InChI=1S/C13H15N/c1-9-4-6-12(7-5-9)13-8-10(2)11(3)14-13/h4-7H,8H2,1-3H3. The Balaban J connectivity index is 2.28. The smallest absolute Gasteiger partial charge is 0.0520 e. The highest BCUT2D eigenvalue weighted by molar-refractivity contribution is 6.04. The minimum absolute atomic E-state index is 1.01. The molecule has 0 saturated carbocycles. The lowest BCUT2D eigenvalue weighted by Gasteiger charge is -2.01. The maximum Gasteiger partial charge on any atom is 0.0520 e. The van der Waals surface area contributed by atoms with Crippen LogP contribution in [0, 0.1) is 6.92 Å². The zero-order valence-corrected chi connectivity index (χ0v) is 8.96. The lowest BCUT2D eigenvalue weighted by atomic mass is 10.0. The summed E-state index contributed by atoms with van der Waals surface area (Å²) < 4.78 is 0. The van der Waals surface area contributed by atoms with Gasteiger partial charge in [-0.1, -0.05) is 29.8 Å². The maximum absolute atomic E-state index is 4.57. The molecule has 2 rings (SSSR count). The average molecular weight is 185 g/mol. The minimum atomic E-state index is 1.01. The van der Waals surface area contributed by atoms with Crippen LogP contribution in [0.1, 0.15) is 31.4 Å². The van der Waals surface area contributed by atoms with Crippen LogP contribution in [0.25, 0.3) is 0 Å². The Kier molecular flexibility index (Phi) is 2.24. The van der Waals surface area contributed by atoms with Gasteiger partial charge in [0.1, 0.15) is 0 Å². The van der Waals surface area contributed by atoms with Crippen LogP contribution in [0.15, 0.2) is 40.5 Å². The Bertz CT molecular complexity index is 407. The Labute approximate surface area is 85.2 Å². The Morgan fingerprint density at radius 1 is 1.00 bits per heavy atom. The number of allylic oxidation sites excluding steroid dienone is 2. The van der Waals surface area contributed by atoms with E-state index in [-0.39, 0.29) is 0 Å². The Hall–Kier alpha value is -1.37. The van der Waals surface area contributed by atoms with Crippen LogP contribution in [0.5, 0.6) is 0 Å². The zero-order chi connectivity index (χ0) is 10.1. The van der Waals surface area contributed by atoms with E-state index >= 15 is 0 Å². The van der Waals surface area contributed by atoms with E-state index in [0.29, 0.717) is 0 Å². The molecule has 1 aromatic carbocycles. The van der Waals surface area contributed by atoms with E-state index in [0.717, 1.165) is 6.42 Å². The van der Waals surface area contributed by atoms with Crippen molar-refractivity contribution >= 4 is 5.71 Å². The first kappa shape index (κ1) is 9.20. The number of rotatable bonds is 1. The van der Waals surface area contributed by atoms with E-state index in [1.165, 1.54) is 28.1 Å². The average Bonchev–Trinajstić information content (AvgIpc) is 2.48. The van der Waals surface area contributed by atoms with Crippen molar-refractivity contribution < 1.29 is 0 Å². The van der Waals surface area contributed by atoms with E-state index in [1.54, 1.807) is 0 Å². The number of hydrogen-bond donors (Lipinski definition) is 0. The second kappa shape index (κ2) is 3.41.